The molecule has 0 spiro atoms. The van der Waals surface area contributed by atoms with Crippen LogP contribution < -0.4 is 15.0 Å². The maximum atomic E-state index is 12.3. The van der Waals surface area contributed by atoms with Gasteiger partial charge in [-0.05, 0) is 61.4 Å². The standard InChI is InChI=1S/C26H27N3O2S2/c1-4-31-22-13-18(25(30)27-3)12-17-8-7-11-29(14-20(17)22)26-28-21(15-32-26)24-16(2)19-9-5-6-10-23(19)33-24/h5-6,9-10,12-13,15H,4,7-8,11,14H2,1-3H3,(H,27,30). The van der Waals surface area contributed by atoms with Gasteiger partial charge in [0, 0.05) is 41.3 Å². The van der Waals surface area contributed by atoms with E-state index in [9.17, 15) is 4.79 Å². The molecular weight excluding hydrogens is 450 g/mol. The maximum Gasteiger partial charge on any atom is 0.251 e. The summed E-state index contributed by atoms with van der Waals surface area (Å²) in [5.41, 5.74) is 5.37. The molecule has 33 heavy (non-hydrogen) atoms. The Labute approximate surface area is 202 Å². The second kappa shape index (κ2) is 9.15. The van der Waals surface area contributed by atoms with Crippen molar-refractivity contribution in [3.05, 3.63) is 64.0 Å². The van der Waals surface area contributed by atoms with Crippen molar-refractivity contribution in [2.24, 2.45) is 0 Å². The van der Waals surface area contributed by atoms with Gasteiger partial charge in [-0.3, -0.25) is 4.79 Å². The van der Waals surface area contributed by atoms with Crippen LogP contribution in [-0.2, 0) is 13.0 Å². The Bertz CT molecular complexity index is 1320. The molecule has 0 fully saturated rings. The first kappa shape index (κ1) is 21.9. The smallest absolute Gasteiger partial charge is 0.251 e. The van der Waals surface area contributed by atoms with Crippen molar-refractivity contribution in [2.75, 3.05) is 25.1 Å². The first-order valence-corrected chi connectivity index (χ1v) is 13.0. The number of hydrogen-bond acceptors (Lipinski definition) is 6. The Morgan fingerprint density at radius 1 is 1.27 bits per heavy atom. The van der Waals surface area contributed by atoms with Crippen LogP contribution >= 0.6 is 22.7 Å². The van der Waals surface area contributed by atoms with Crippen LogP contribution in [0.15, 0.2) is 41.8 Å². The van der Waals surface area contributed by atoms with Crippen molar-refractivity contribution < 1.29 is 9.53 Å². The number of carbonyl (C=O) groups excluding carboxylic acids is 1. The van der Waals surface area contributed by atoms with Crippen molar-refractivity contribution in [1.82, 2.24) is 10.3 Å². The minimum Gasteiger partial charge on any atom is -0.493 e. The molecule has 170 valence electrons. The molecule has 2 aromatic carbocycles. The number of anilines is 1. The van der Waals surface area contributed by atoms with Crippen LogP contribution in [0.2, 0.25) is 0 Å². The molecule has 4 aromatic rings. The fraction of sp³-hybridized carbons (Fsp3) is 0.308. The molecule has 0 radical (unpaired) electrons. The first-order valence-electron chi connectivity index (χ1n) is 11.3. The molecule has 0 aliphatic carbocycles. The number of rotatable bonds is 5. The van der Waals surface area contributed by atoms with E-state index in [0.717, 1.165) is 48.1 Å². The minimum absolute atomic E-state index is 0.0804. The molecule has 1 N–H and O–H groups in total. The van der Waals surface area contributed by atoms with E-state index < -0.39 is 0 Å². The van der Waals surface area contributed by atoms with Gasteiger partial charge in [-0.1, -0.05) is 18.2 Å². The van der Waals surface area contributed by atoms with Crippen molar-refractivity contribution in [3.63, 3.8) is 0 Å². The van der Waals surface area contributed by atoms with Gasteiger partial charge in [0.25, 0.3) is 5.91 Å². The van der Waals surface area contributed by atoms with E-state index in [-0.39, 0.29) is 5.91 Å². The molecule has 1 aliphatic heterocycles. The summed E-state index contributed by atoms with van der Waals surface area (Å²) in [5.74, 6) is 0.723. The molecule has 5 rings (SSSR count). The Kier molecular flexibility index (Phi) is 6.08. The zero-order chi connectivity index (χ0) is 22.9. The number of aromatic nitrogens is 1. The summed E-state index contributed by atoms with van der Waals surface area (Å²) in [7, 11) is 1.66. The predicted molar refractivity (Wildman–Crippen MR) is 138 cm³/mol. The van der Waals surface area contributed by atoms with Gasteiger partial charge in [-0.15, -0.1) is 22.7 Å². The fourth-order valence-electron chi connectivity index (χ4n) is 4.49. The number of aryl methyl sites for hydroxylation is 2. The zero-order valence-corrected chi connectivity index (χ0v) is 20.7. The second-order valence-electron chi connectivity index (χ2n) is 8.22. The number of carbonyl (C=O) groups is 1. The Hall–Kier alpha value is -2.90. The topological polar surface area (TPSA) is 54.5 Å². The molecule has 1 amide bonds. The highest BCUT2D eigenvalue weighted by Gasteiger charge is 2.23. The third kappa shape index (κ3) is 4.11. The minimum atomic E-state index is -0.0804. The molecule has 2 aromatic heterocycles. The summed E-state index contributed by atoms with van der Waals surface area (Å²) in [6, 6.07) is 12.4. The van der Waals surface area contributed by atoms with E-state index in [1.165, 1.54) is 26.1 Å². The number of thiazole rings is 1. The number of amides is 1. The highest BCUT2D eigenvalue weighted by Crippen LogP contribution is 2.40. The number of thiophene rings is 1. The summed E-state index contributed by atoms with van der Waals surface area (Å²) in [5, 5.41) is 7.25. The fourth-order valence-corrected chi connectivity index (χ4v) is 6.58. The Balaban J connectivity index is 1.48. The molecule has 5 nitrogen and oxygen atoms in total. The highest BCUT2D eigenvalue weighted by molar-refractivity contribution is 7.23. The van der Waals surface area contributed by atoms with E-state index in [1.54, 1.807) is 18.4 Å². The van der Waals surface area contributed by atoms with Crippen LogP contribution in [0.1, 0.15) is 40.4 Å². The predicted octanol–water partition coefficient (Wildman–Crippen LogP) is 6.04. The van der Waals surface area contributed by atoms with Gasteiger partial charge in [0.15, 0.2) is 5.13 Å². The Morgan fingerprint density at radius 3 is 2.91 bits per heavy atom. The lowest BCUT2D eigenvalue weighted by Gasteiger charge is -2.21. The average molecular weight is 478 g/mol. The highest BCUT2D eigenvalue weighted by atomic mass is 32.1. The van der Waals surface area contributed by atoms with Crippen LogP contribution in [0, 0.1) is 6.92 Å². The number of fused-ring (bicyclic) bond motifs is 2. The van der Waals surface area contributed by atoms with Crippen LogP contribution in [-0.4, -0.2) is 31.1 Å². The quantitative estimate of drug-likeness (QED) is 0.380. The normalized spacial score (nSPS) is 13.6. The number of hydrogen-bond donors (Lipinski definition) is 1. The summed E-state index contributed by atoms with van der Waals surface area (Å²) in [6.45, 7) is 6.39. The lowest BCUT2D eigenvalue weighted by molar-refractivity contribution is 0.0962. The summed E-state index contributed by atoms with van der Waals surface area (Å²) < 4.78 is 7.28. The summed E-state index contributed by atoms with van der Waals surface area (Å²) in [4.78, 5) is 20.9. The maximum absolute atomic E-state index is 12.3. The zero-order valence-electron chi connectivity index (χ0n) is 19.1. The van der Waals surface area contributed by atoms with Gasteiger partial charge >= 0.3 is 0 Å². The molecule has 0 unspecified atom stereocenters. The lowest BCUT2D eigenvalue weighted by atomic mass is 9.99. The number of nitrogens with one attached hydrogen (secondary N) is 1. The van der Waals surface area contributed by atoms with Crippen LogP contribution in [0.5, 0.6) is 5.75 Å². The van der Waals surface area contributed by atoms with Gasteiger partial charge in [-0.25, -0.2) is 4.98 Å². The van der Waals surface area contributed by atoms with Crippen molar-refractivity contribution >= 4 is 43.8 Å². The van der Waals surface area contributed by atoms with Crippen LogP contribution in [0.4, 0.5) is 5.13 Å². The van der Waals surface area contributed by atoms with E-state index in [4.69, 9.17) is 9.72 Å². The third-order valence-electron chi connectivity index (χ3n) is 6.15. The lowest BCUT2D eigenvalue weighted by Crippen LogP contribution is -2.23. The third-order valence-corrected chi connectivity index (χ3v) is 8.35. The van der Waals surface area contributed by atoms with E-state index in [2.05, 4.69) is 46.8 Å². The van der Waals surface area contributed by atoms with Crippen molar-refractivity contribution in [3.8, 4) is 16.3 Å². The van der Waals surface area contributed by atoms with Crippen molar-refractivity contribution in [2.45, 2.75) is 33.2 Å². The van der Waals surface area contributed by atoms with Crippen LogP contribution in [0.25, 0.3) is 20.7 Å². The molecule has 1 aliphatic rings. The van der Waals surface area contributed by atoms with Crippen LogP contribution in [0.3, 0.4) is 0 Å². The largest absolute Gasteiger partial charge is 0.493 e. The average Bonchev–Trinajstić information content (AvgIpc) is 3.37. The van der Waals surface area contributed by atoms with Crippen molar-refractivity contribution in [1.29, 1.82) is 0 Å². The van der Waals surface area contributed by atoms with E-state index >= 15 is 0 Å². The van der Waals surface area contributed by atoms with Gasteiger partial charge in [0.1, 0.15) is 5.75 Å². The number of nitrogens with zero attached hydrogens (tertiary/aromatic N) is 2. The SMILES string of the molecule is CCOc1cc(C(=O)NC)cc2c1CN(c1nc(-c3sc4ccccc4c3C)cs1)CCC2. The summed E-state index contributed by atoms with van der Waals surface area (Å²) in [6.07, 6.45) is 1.93. The molecule has 3 heterocycles. The molecular formula is C26H27N3O2S2. The monoisotopic (exact) mass is 477 g/mol. The van der Waals surface area contributed by atoms with Gasteiger partial charge in [0.2, 0.25) is 0 Å². The molecule has 0 saturated carbocycles. The molecule has 0 saturated heterocycles. The summed E-state index contributed by atoms with van der Waals surface area (Å²) >= 11 is 3.51. The van der Waals surface area contributed by atoms with E-state index in [1.807, 2.05) is 30.4 Å². The first-order chi connectivity index (χ1) is 16.1. The van der Waals surface area contributed by atoms with Gasteiger partial charge in [-0.2, -0.15) is 0 Å². The van der Waals surface area contributed by atoms with Gasteiger partial charge in [0.05, 0.1) is 17.2 Å². The van der Waals surface area contributed by atoms with E-state index in [0.29, 0.717) is 12.2 Å². The number of benzene rings is 2. The number of ether oxygens (including phenoxy) is 1. The second-order valence-corrected chi connectivity index (χ2v) is 10.1. The molecule has 0 atom stereocenters. The molecule has 7 heteroatoms. The molecule has 0 bridgehead atoms. The Morgan fingerprint density at radius 2 is 2.12 bits per heavy atom. The van der Waals surface area contributed by atoms with Gasteiger partial charge < -0.3 is 15.0 Å².